The average Bonchev–Trinajstić information content (AvgIpc) is 2.83. The molecular formula is C15H18N2OS. The predicted octanol–water partition coefficient (Wildman–Crippen LogP) is 3.01. The molecule has 4 heteroatoms. The highest BCUT2D eigenvalue weighted by Gasteiger charge is 2.07. The van der Waals surface area contributed by atoms with Gasteiger partial charge in [-0.25, -0.2) is 0 Å². The number of primary amides is 1. The van der Waals surface area contributed by atoms with E-state index in [0.29, 0.717) is 11.6 Å². The first kappa shape index (κ1) is 13.8. The van der Waals surface area contributed by atoms with Crippen molar-refractivity contribution in [2.24, 2.45) is 5.73 Å². The first-order valence-corrected chi connectivity index (χ1v) is 7.06. The molecule has 3 nitrogen and oxygen atoms in total. The molecule has 1 amide bonds. The molecule has 0 aliphatic rings. The largest absolute Gasteiger partial charge is 0.366 e. The zero-order valence-electron chi connectivity index (χ0n) is 11.1. The van der Waals surface area contributed by atoms with Gasteiger partial charge in [0.2, 0.25) is 5.91 Å². The summed E-state index contributed by atoms with van der Waals surface area (Å²) in [4.78, 5) is 13.6. The summed E-state index contributed by atoms with van der Waals surface area (Å²) in [5, 5.41) is 3.47. The van der Waals surface area contributed by atoms with Crippen molar-refractivity contribution in [2.75, 3.05) is 0 Å². The maximum absolute atomic E-state index is 11.0. The molecule has 2 rings (SSSR count). The van der Waals surface area contributed by atoms with Gasteiger partial charge in [0.1, 0.15) is 0 Å². The third-order valence-corrected chi connectivity index (χ3v) is 4.22. The number of hydrogen-bond acceptors (Lipinski definition) is 3. The number of carbonyl (C=O) groups is 1. The van der Waals surface area contributed by atoms with E-state index in [1.165, 1.54) is 9.75 Å². The van der Waals surface area contributed by atoms with Gasteiger partial charge in [-0.1, -0.05) is 12.1 Å². The zero-order valence-corrected chi connectivity index (χ0v) is 12.0. The average molecular weight is 274 g/mol. The zero-order chi connectivity index (χ0) is 13.8. The number of amides is 1. The summed E-state index contributed by atoms with van der Waals surface area (Å²) >= 11 is 1.81. The molecule has 1 aromatic carbocycles. The molecule has 0 bridgehead atoms. The van der Waals surface area contributed by atoms with Crippen LogP contribution in [0.2, 0.25) is 0 Å². The number of hydrogen-bond donors (Lipinski definition) is 2. The summed E-state index contributed by atoms with van der Waals surface area (Å²) in [5.74, 6) is -0.387. The predicted molar refractivity (Wildman–Crippen MR) is 79.3 cm³/mol. The molecule has 1 unspecified atom stereocenters. The second kappa shape index (κ2) is 5.99. The Hall–Kier alpha value is -1.65. The lowest BCUT2D eigenvalue weighted by molar-refractivity contribution is 0.100. The summed E-state index contributed by atoms with van der Waals surface area (Å²) in [6, 6.07) is 12.0. The molecule has 0 aliphatic heterocycles. The Morgan fingerprint density at radius 2 is 1.95 bits per heavy atom. The van der Waals surface area contributed by atoms with Gasteiger partial charge in [-0.3, -0.25) is 4.79 Å². The highest BCUT2D eigenvalue weighted by Crippen LogP contribution is 2.22. The Labute approximate surface area is 117 Å². The molecule has 0 saturated heterocycles. The molecular weight excluding hydrogens is 256 g/mol. The van der Waals surface area contributed by atoms with Crippen molar-refractivity contribution in [3.05, 3.63) is 57.3 Å². The minimum absolute atomic E-state index is 0.328. The molecule has 3 N–H and O–H groups in total. The Kier molecular flexibility index (Phi) is 4.35. The third kappa shape index (κ3) is 3.66. The van der Waals surface area contributed by atoms with Crippen molar-refractivity contribution < 1.29 is 4.79 Å². The fourth-order valence-electron chi connectivity index (χ4n) is 1.84. The van der Waals surface area contributed by atoms with Gasteiger partial charge in [0, 0.05) is 27.9 Å². The first-order chi connectivity index (χ1) is 9.06. The quantitative estimate of drug-likeness (QED) is 0.880. The summed E-state index contributed by atoms with van der Waals surface area (Å²) in [5.41, 5.74) is 6.90. The van der Waals surface area contributed by atoms with E-state index in [2.05, 4.69) is 31.3 Å². The van der Waals surface area contributed by atoms with E-state index in [1.807, 2.05) is 23.5 Å². The first-order valence-electron chi connectivity index (χ1n) is 6.24. The SMILES string of the molecule is Cc1ccc(C(C)NCc2ccc(C(N)=O)cc2)s1. The molecule has 0 spiro atoms. The second-order valence-electron chi connectivity index (χ2n) is 4.61. The minimum atomic E-state index is -0.387. The van der Waals surface area contributed by atoms with E-state index < -0.39 is 0 Å². The van der Waals surface area contributed by atoms with Gasteiger partial charge >= 0.3 is 0 Å². The molecule has 0 saturated carbocycles. The van der Waals surface area contributed by atoms with E-state index in [4.69, 9.17) is 5.73 Å². The van der Waals surface area contributed by atoms with Crippen LogP contribution in [0.4, 0.5) is 0 Å². The van der Waals surface area contributed by atoms with Crippen LogP contribution in [-0.2, 0) is 6.54 Å². The molecule has 2 aromatic rings. The van der Waals surface area contributed by atoms with E-state index in [0.717, 1.165) is 12.1 Å². The molecule has 1 heterocycles. The van der Waals surface area contributed by atoms with Crippen molar-refractivity contribution in [1.29, 1.82) is 0 Å². The van der Waals surface area contributed by atoms with E-state index in [-0.39, 0.29) is 5.91 Å². The van der Waals surface area contributed by atoms with E-state index in [1.54, 1.807) is 12.1 Å². The van der Waals surface area contributed by atoms with Crippen LogP contribution in [0.3, 0.4) is 0 Å². The Balaban J connectivity index is 1.93. The monoisotopic (exact) mass is 274 g/mol. The van der Waals surface area contributed by atoms with Crippen LogP contribution < -0.4 is 11.1 Å². The number of aryl methyl sites for hydroxylation is 1. The number of carbonyl (C=O) groups excluding carboxylic acids is 1. The van der Waals surface area contributed by atoms with Crippen LogP contribution in [0.5, 0.6) is 0 Å². The van der Waals surface area contributed by atoms with Crippen molar-refractivity contribution in [3.8, 4) is 0 Å². The molecule has 0 fully saturated rings. The van der Waals surface area contributed by atoms with Crippen LogP contribution in [-0.4, -0.2) is 5.91 Å². The third-order valence-electron chi connectivity index (χ3n) is 3.04. The Morgan fingerprint density at radius 3 is 2.47 bits per heavy atom. The summed E-state index contributed by atoms with van der Waals surface area (Å²) in [6.07, 6.45) is 0. The van der Waals surface area contributed by atoms with Crippen molar-refractivity contribution >= 4 is 17.2 Å². The highest BCUT2D eigenvalue weighted by molar-refractivity contribution is 7.12. The Morgan fingerprint density at radius 1 is 1.26 bits per heavy atom. The van der Waals surface area contributed by atoms with Gasteiger partial charge in [0.15, 0.2) is 0 Å². The van der Waals surface area contributed by atoms with Crippen molar-refractivity contribution in [3.63, 3.8) is 0 Å². The van der Waals surface area contributed by atoms with Gasteiger partial charge in [-0.15, -0.1) is 11.3 Å². The highest BCUT2D eigenvalue weighted by atomic mass is 32.1. The number of rotatable bonds is 5. The molecule has 19 heavy (non-hydrogen) atoms. The number of thiophene rings is 1. The molecule has 0 radical (unpaired) electrons. The van der Waals surface area contributed by atoms with Crippen LogP contribution in [0.15, 0.2) is 36.4 Å². The van der Waals surface area contributed by atoms with Gasteiger partial charge in [0.25, 0.3) is 0 Å². The lowest BCUT2D eigenvalue weighted by atomic mass is 10.1. The maximum Gasteiger partial charge on any atom is 0.248 e. The van der Waals surface area contributed by atoms with Gasteiger partial charge in [-0.05, 0) is 43.7 Å². The maximum atomic E-state index is 11.0. The van der Waals surface area contributed by atoms with Crippen LogP contribution in [0.25, 0.3) is 0 Å². The van der Waals surface area contributed by atoms with Crippen molar-refractivity contribution in [1.82, 2.24) is 5.32 Å². The van der Waals surface area contributed by atoms with Crippen LogP contribution >= 0.6 is 11.3 Å². The lowest BCUT2D eigenvalue weighted by Crippen LogP contribution is -2.17. The fourth-order valence-corrected chi connectivity index (χ4v) is 2.75. The minimum Gasteiger partial charge on any atom is -0.366 e. The summed E-state index contributed by atoms with van der Waals surface area (Å²) < 4.78 is 0. The number of benzene rings is 1. The summed E-state index contributed by atoms with van der Waals surface area (Å²) in [6.45, 7) is 5.05. The number of nitrogens with one attached hydrogen (secondary N) is 1. The Bertz CT molecular complexity index is 560. The molecule has 1 aromatic heterocycles. The fraction of sp³-hybridized carbons (Fsp3) is 0.267. The van der Waals surface area contributed by atoms with Gasteiger partial charge in [0.05, 0.1) is 0 Å². The smallest absolute Gasteiger partial charge is 0.248 e. The van der Waals surface area contributed by atoms with E-state index in [9.17, 15) is 4.79 Å². The molecule has 100 valence electrons. The van der Waals surface area contributed by atoms with Crippen LogP contribution in [0, 0.1) is 6.92 Å². The lowest BCUT2D eigenvalue weighted by Gasteiger charge is -2.12. The van der Waals surface area contributed by atoms with E-state index >= 15 is 0 Å². The van der Waals surface area contributed by atoms with Crippen molar-refractivity contribution in [2.45, 2.75) is 26.4 Å². The topological polar surface area (TPSA) is 55.1 Å². The second-order valence-corrected chi connectivity index (χ2v) is 5.93. The summed E-state index contributed by atoms with van der Waals surface area (Å²) in [7, 11) is 0. The van der Waals surface area contributed by atoms with Gasteiger partial charge in [-0.2, -0.15) is 0 Å². The standard InChI is InChI=1S/C15H18N2OS/c1-10-3-8-14(19-10)11(2)17-9-12-4-6-13(7-5-12)15(16)18/h3-8,11,17H,9H2,1-2H3,(H2,16,18). The normalized spacial score (nSPS) is 12.3. The molecule has 0 aliphatic carbocycles. The molecule has 1 atom stereocenters. The van der Waals surface area contributed by atoms with Gasteiger partial charge < -0.3 is 11.1 Å². The number of nitrogens with two attached hydrogens (primary N) is 1. The van der Waals surface area contributed by atoms with Crippen LogP contribution in [0.1, 0.15) is 38.6 Å².